The smallest absolute Gasteiger partial charge is 0.262 e. The number of rotatable bonds is 6. The Morgan fingerprint density at radius 1 is 1.21 bits per heavy atom. The summed E-state index contributed by atoms with van der Waals surface area (Å²) in [6.45, 7) is 3.63. The first-order chi connectivity index (χ1) is 13.8. The molecule has 0 saturated heterocycles. The normalized spacial score (nSPS) is 12.3. The largest absolute Gasteiger partial charge is 0.505 e. The number of primary amides is 1. The minimum atomic E-state index is -0.869. The minimum Gasteiger partial charge on any atom is -0.505 e. The first-order valence-electron chi connectivity index (χ1n) is 9.39. The number of unbranched alkanes of at least 4 members (excludes halogenated alkanes) is 1. The first-order valence-corrected chi connectivity index (χ1v) is 9.77. The quantitative estimate of drug-likeness (QED) is 0.599. The van der Waals surface area contributed by atoms with E-state index in [2.05, 4.69) is 0 Å². The number of nitrogens with zero attached hydrogens (tertiary/aromatic N) is 1. The van der Waals surface area contributed by atoms with Gasteiger partial charge in [-0.05, 0) is 55.3 Å². The number of fused-ring (bicyclic) bond motifs is 1. The summed E-state index contributed by atoms with van der Waals surface area (Å²) in [5.74, 6) is -3.17. The van der Waals surface area contributed by atoms with Gasteiger partial charge >= 0.3 is 0 Å². The summed E-state index contributed by atoms with van der Waals surface area (Å²) >= 11 is 5.91. The predicted octanol–water partition coefficient (Wildman–Crippen LogP) is 4.90. The van der Waals surface area contributed by atoms with Crippen LogP contribution in [0.15, 0.2) is 36.4 Å². The Morgan fingerprint density at radius 3 is 2.45 bits per heavy atom. The van der Waals surface area contributed by atoms with Crippen LogP contribution in [0.1, 0.15) is 53.7 Å². The summed E-state index contributed by atoms with van der Waals surface area (Å²) in [4.78, 5) is 25.4. The maximum absolute atomic E-state index is 15.0. The van der Waals surface area contributed by atoms with Crippen LogP contribution < -0.4 is 5.73 Å². The summed E-state index contributed by atoms with van der Waals surface area (Å²) in [6, 6.07) is 9.01. The van der Waals surface area contributed by atoms with E-state index in [1.165, 1.54) is 16.7 Å². The van der Waals surface area contributed by atoms with Crippen molar-refractivity contribution in [3.8, 4) is 5.75 Å². The number of halogens is 2. The highest BCUT2D eigenvalue weighted by atomic mass is 35.5. The highest BCUT2D eigenvalue weighted by molar-refractivity contribution is 6.30. The number of phenols is 1. The van der Waals surface area contributed by atoms with E-state index in [4.69, 9.17) is 17.3 Å². The molecule has 0 aliphatic rings. The lowest BCUT2D eigenvalue weighted by Gasteiger charge is -2.15. The number of carbonyl (C=O) groups excluding carboxylic acids is 2. The molecule has 1 amide bonds. The zero-order valence-corrected chi connectivity index (χ0v) is 17.0. The Labute approximate surface area is 172 Å². The van der Waals surface area contributed by atoms with Crippen molar-refractivity contribution in [3.05, 3.63) is 64.1 Å². The maximum Gasteiger partial charge on any atom is 0.262 e. The lowest BCUT2D eigenvalue weighted by atomic mass is 9.90. The Hall–Kier alpha value is -2.86. The minimum absolute atomic E-state index is 0.0460. The van der Waals surface area contributed by atoms with Crippen LogP contribution in [-0.2, 0) is 4.79 Å². The van der Waals surface area contributed by atoms with Crippen LogP contribution in [-0.4, -0.2) is 21.5 Å². The number of phenolic OH excluding ortho intramolecular Hbond substituents is 1. The number of aromatic hydroxyl groups is 1. The molecule has 0 aliphatic carbocycles. The van der Waals surface area contributed by atoms with Gasteiger partial charge in [-0.3, -0.25) is 14.2 Å². The topological polar surface area (TPSA) is 85.3 Å². The van der Waals surface area contributed by atoms with Crippen molar-refractivity contribution >= 4 is 34.3 Å². The summed E-state index contributed by atoms with van der Waals surface area (Å²) in [6.07, 6.45) is 1.97. The molecule has 29 heavy (non-hydrogen) atoms. The molecule has 0 saturated carbocycles. The molecule has 0 bridgehead atoms. The van der Waals surface area contributed by atoms with Gasteiger partial charge in [-0.1, -0.05) is 31.4 Å². The number of hydrogen-bond donors (Lipinski definition) is 2. The molecule has 3 rings (SSSR count). The average molecular weight is 417 g/mol. The average Bonchev–Trinajstić information content (AvgIpc) is 2.98. The van der Waals surface area contributed by atoms with Crippen molar-refractivity contribution in [2.75, 3.05) is 0 Å². The molecular formula is C22H22ClFN2O3. The van der Waals surface area contributed by atoms with Crippen molar-refractivity contribution in [3.63, 3.8) is 0 Å². The molecule has 5 nitrogen and oxygen atoms in total. The van der Waals surface area contributed by atoms with E-state index in [0.29, 0.717) is 34.7 Å². The van der Waals surface area contributed by atoms with Crippen molar-refractivity contribution in [1.29, 1.82) is 0 Å². The van der Waals surface area contributed by atoms with Crippen LogP contribution in [0.5, 0.6) is 5.75 Å². The molecule has 7 heteroatoms. The molecule has 0 fully saturated rings. The van der Waals surface area contributed by atoms with Crippen LogP contribution in [0, 0.1) is 12.7 Å². The third kappa shape index (κ3) is 3.72. The Bertz CT molecular complexity index is 1090. The molecule has 1 atom stereocenters. The van der Waals surface area contributed by atoms with Crippen molar-refractivity contribution in [2.45, 2.75) is 39.0 Å². The van der Waals surface area contributed by atoms with Gasteiger partial charge < -0.3 is 10.8 Å². The van der Waals surface area contributed by atoms with Gasteiger partial charge in [0.15, 0.2) is 11.6 Å². The van der Waals surface area contributed by atoms with Gasteiger partial charge in [0.2, 0.25) is 5.91 Å². The third-order valence-corrected chi connectivity index (χ3v) is 5.42. The lowest BCUT2D eigenvalue weighted by molar-refractivity contribution is -0.119. The van der Waals surface area contributed by atoms with E-state index in [9.17, 15) is 19.1 Å². The predicted molar refractivity (Wildman–Crippen MR) is 111 cm³/mol. The van der Waals surface area contributed by atoms with Gasteiger partial charge in [0, 0.05) is 21.7 Å². The molecule has 1 heterocycles. The molecule has 3 N–H and O–H groups in total. The molecule has 0 spiro atoms. The van der Waals surface area contributed by atoms with Gasteiger partial charge in [0.1, 0.15) is 0 Å². The SMILES string of the molecule is CCCCC(C(N)=O)c1c(C)n(C(=O)c2ccc(Cl)cc2)c2ccc(O)c(F)c12. The van der Waals surface area contributed by atoms with Gasteiger partial charge in [-0.2, -0.15) is 0 Å². The van der Waals surface area contributed by atoms with Crippen LogP contribution in [0.4, 0.5) is 4.39 Å². The second kappa shape index (κ2) is 8.25. The Kier molecular flexibility index (Phi) is 5.94. The molecule has 3 aromatic rings. The summed E-state index contributed by atoms with van der Waals surface area (Å²) in [7, 11) is 0. The highest BCUT2D eigenvalue weighted by Crippen LogP contribution is 2.38. The molecule has 1 unspecified atom stereocenters. The molecular weight excluding hydrogens is 395 g/mol. The van der Waals surface area contributed by atoms with Gasteiger partial charge in [-0.15, -0.1) is 0 Å². The number of carbonyl (C=O) groups is 2. The van der Waals surface area contributed by atoms with Gasteiger partial charge in [0.05, 0.1) is 11.4 Å². The van der Waals surface area contributed by atoms with Gasteiger partial charge in [0.25, 0.3) is 5.91 Å². The van der Waals surface area contributed by atoms with Crippen molar-refractivity contribution in [2.24, 2.45) is 5.73 Å². The van der Waals surface area contributed by atoms with E-state index in [-0.39, 0.29) is 16.8 Å². The molecule has 0 aliphatic heterocycles. The van der Waals surface area contributed by atoms with E-state index < -0.39 is 23.4 Å². The van der Waals surface area contributed by atoms with E-state index >= 15 is 0 Å². The highest BCUT2D eigenvalue weighted by Gasteiger charge is 2.30. The number of hydrogen-bond acceptors (Lipinski definition) is 3. The van der Waals surface area contributed by atoms with E-state index in [0.717, 1.165) is 6.42 Å². The maximum atomic E-state index is 15.0. The second-order valence-electron chi connectivity index (χ2n) is 7.04. The molecule has 0 radical (unpaired) electrons. The molecule has 1 aromatic heterocycles. The molecule has 152 valence electrons. The summed E-state index contributed by atoms with van der Waals surface area (Å²) < 4.78 is 16.3. The van der Waals surface area contributed by atoms with Gasteiger partial charge in [-0.25, -0.2) is 4.39 Å². The van der Waals surface area contributed by atoms with Crippen molar-refractivity contribution < 1.29 is 19.1 Å². The number of benzene rings is 2. The number of aromatic nitrogens is 1. The zero-order valence-electron chi connectivity index (χ0n) is 16.2. The number of amides is 1. The van der Waals surface area contributed by atoms with Crippen molar-refractivity contribution in [1.82, 2.24) is 4.57 Å². The standard InChI is InChI=1S/C22H22ClFN2O3/c1-3-4-5-15(21(25)28)18-12(2)26(16-10-11-17(27)20(24)19(16)18)22(29)13-6-8-14(23)9-7-13/h6-11,15,27H,3-5H2,1-2H3,(H2,25,28). The molecule has 2 aromatic carbocycles. The monoisotopic (exact) mass is 416 g/mol. The fourth-order valence-electron chi connectivity index (χ4n) is 3.73. The fourth-order valence-corrected chi connectivity index (χ4v) is 3.85. The van der Waals surface area contributed by atoms with Crippen LogP contribution in [0.25, 0.3) is 10.9 Å². The first kappa shape index (κ1) is 20.9. The fraction of sp³-hybridized carbons (Fsp3) is 0.273. The Morgan fingerprint density at radius 2 is 1.86 bits per heavy atom. The summed E-state index contributed by atoms with van der Waals surface area (Å²) in [5, 5.41) is 10.5. The lowest BCUT2D eigenvalue weighted by Crippen LogP contribution is -2.22. The van der Waals surface area contributed by atoms with E-state index in [1.807, 2.05) is 6.92 Å². The van der Waals surface area contributed by atoms with Crippen LogP contribution in [0.3, 0.4) is 0 Å². The Balaban J connectivity index is 2.30. The van der Waals surface area contributed by atoms with E-state index in [1.54, 1.807) is 31.2 Å². The van der Waals surface area contributed by atoms with Crippen LogP contribution >= 0.6 is 11.6 Å². The third-order valence-electron chi connectivity index (χ3n) is 5.17. The number of nitrogens with two attached hydrogens (primary N) is 1. The van der Waals surface area contributed by atoms with Crippen LogP contribution in [0.2, 0.25) is 5.02 Å². The zero-order chi connectivity index (χ0) is 21.3. The second-order valence-corrected chi connectivity index (χ2v) is 7.47. The summed E-state index contributed by atoms with van der Waals surface area (Å²) in [5.41, 5.74) is 7.04.